The molecule has 0 spiro atoms. The van der Waals surface area contributed by atoms with Gasteiger partial charge in [-0.25, -0.2) is 4.98 Å². The van der Waals surface area contributed by atoms with Crippen molar-refractivity contribution in [1.82, 2.24) is 14.2 Å². The Morgan fingerprint density at radius 1 is 1.12 bits per heavy atom. The summed E-state index contributed by atoms with van der Waals surface area (Å²) < 4.78 is 20.7. The van der Waals surface area contributed by atoms with Gasteiger partial charge >= 0.3 is 0 Å². The quantitative estimate of drug-likeness (QED) is 0.522. The number of hydrogen-bond donors (Lipinski definition) is 1. The zero-order valence-corrected chi connectivity index (χ0v) is 21.5. The summed E-state index contributed by atoms with van der Waals surface area (Å²) in [4.78, 5) is 11.3. The Morgan fingerprint density at radius 2 is 1.88 bits per heavy atom. The van der Waals surface area contributed by atoms with Gasteiger partial charge in [0.05, 0.1) is 43.3 Å². The molecule has 1 aromatic carbocycles. The standard InChI is InChI=1S/C25H32N4O3S2/c1-18-21-15-22(20-5-3-4-19(14-20)17-30)26-25(28-10-12-32-13-11-28)24(21)33-23(18)16-27-6-8-29(9-7-27)34(2)31/h3-5,14-15,30H,6-13,16-17H2,1-2H3. The van der Waals surface area contributed by atoms with E-state index in [4.69, 9.17) is 9.72 Å². The molecule has 3 aromatic rings. The Bertz CT molecular complexity index is 1140. The molecule has 0 aliphatic carbocycles. The van der Waals surface area contributed by atoms with Crippen LogP contribution in [0.1, 0.15) is 16.0 Å². The first-order valence-electron chi connectivity index (χ1n) is 11.8. The number of pyridine rings is 1. The van der Waals surface area contributed by atoms with E-state index in [0.717, 1.165) is 68.5 Å². The van der Waals surface area contributed by atoms with Crippen molar-refractivity contribution in [3.63, 3.8) is 0 Å². The number of morpholine rings is 1. The number of ether oxygens (including phenoxy) is 1. The van der Waals surface area contributed by atoms with Crippen LogP contribution in [-0.4, -0.2) is 82.6 Å². The molecule has 1 atom stereocenters. The molecule has 2 aromatic heterocycles. The average molecular weight is 501 g/mol. The summed E-state index contributed by atoms with van der Waals surface area (Å²) in [6.45, 7) is 9.82. The lowest BCUT2D eigenvalue weighted by atomic mass is 10.0. The summed E-state index contributed by atoms with van der Waals surface area (Å²) in [5.41, 5.74) is 4.18. The number of aromatic nitrogens is 1. The van der Waals surface area contributed by atoms with Crippen LogP contribution in [0.15, 0.2) is 30.3 Å². The van der Waals surface area contributed by atoms with Crippen LogP contribution in [0.3, 0.4) is 0 Å². The Labute approximate surface area is 208 Å². The number of benzene rings is 1. The molecule has 2 aliphatic rings. The SMILES string of the molecule is Cc1c(CN2CCN([S+](C)[O-])CC2)sc2c(N3CCOCC3)nc(-c3cccc(CO)c3)cc12. The van der Waals surface area contributed by atoms with Crippen LogP contribution < -0.4 is 4.90 Å². The van der Waals surface area contributed by atoms with Crippen LogP contribution in [0.5, 0.6) is 0 Å². The second-order valence-electron chi connectivity index (χ2n) is 8.94. The van der Waals surface area contributed by atoms with Crippen molar-refractivity contribution in [2.75, 3.05) is 63.6 Å². The fourth-order valence-electron chi connectivity index (χ4n) is 4.71. The maximum absolute atomic E-state index is 11.8. The van der Waals surface area contributed by atoms with Crippen molar-refractivity contribution < 1.29 is 14.4 Å². The molecule has 1 unspecified atom stereocenters. The molecule has 7 nitrogen and oxygen atoms in total. The summed E-state index contributed by atoms with van der Waals surface area (Å²) in [7, 11) is 0. The molecule has 0 amide bonds. The van der Waals surface area contributed by atoms with E-state index < -0.39 is 11.4 Å². The van der Waals surface area contributed by atoms with E-state index in [-0.39, 0.29) is 6.61 Å². The summed E-state index contributed by atoms with van der Waals surface area (Å²) in [5, 5.41) is 10.9. The molecule has 5 rings (SSSR count). The van der Waals surface area contributed by atoms with Gasteiger partial charge < -0.3 is 19.3 Å². The van der Waals surface area contributed by atoms with Crippen molar-refractivity contribution in [3.05, 3.63) is 46.3 Å². The van der Waals surface area contributed by atoms with Crippen molar-refractivity contribution in [1.29, 1.82) is 0 Å². The van der Waals surface area contributed by atoms with E-state index in [1.165, 1.54) is 20.5 Å². The highest BCUT2D eigenvalue weighted by molar-refractivity contribution is 7.88. The summed E-state index contributed by atoms with van der Waals surface area (Å²) in [5.74, 6) is 1.04. The third kappa shape index (κ3) is 4.97. The summed E-state index contributed by atoms with van der Waals surface area (Å²) in [6.07, 6.45) is 1.76. The van der Waals surface area contributed by atoms with Gasteiger partial charge in [-0.1, -0.05) is 18.2 Å². The highest BCUT2D eigenvalue weighted by Gasteiger charge is 2.25. The lowest BCUT2D eigenvalue weighted by molar-refractivity contribution is 0.122. The van der Waals surface area contributed by atoms with E-state index in [1.54, 1.807) is 6.26 Å². The first kappa shape index (κ1) is 24.0. The third-order valence-corrected chi connectivity index (χ3v) is 9.16. The minimum atomic E-state index is -0.890. The van der Waals surface area contributed by atoms with Crippen molar-refractivity contribution >= 4 is 38.6 Å². The number of aryl methyl sites for hydroxylation is 1. The molecular weight excluding hydrogens is 468 g/mol. The van der Waals surface area contributed by atoms with Crippen LogP contribution in [0.25, 0.3) is 21.3 Å². The molecule has 1 N–H and O–H groups in total. The number of fused-ring (bicyclic) bond motifs is 1. The molecule has 0 bridgehead atoms. The highest BCUT2D eigenvalue weighted by Crippen LogP contribution is 2.40. The van der Waals surface area contributed by atoms with E-state index in [2.05, 4.69) is 28.9 Å². The minimum absolute atomic E-state index is 0.0207. The summed E-state index contributed by atoms with van der Waals surface area (Å²) in [6, 6.07) is 10.2. The van der Waals surface area contributed by atoms with E-state index in [0.29, 0.717) is 13.2 Å². The first-order valence-corrected chi connectivity index (χ1v) is 14.1. The maximum Gasteiger partial charge on any atom is 0.147 e. The Kier molecular flexibility index (Phi) is 7.41. The molecule has 2 aliphatic heterocycles. The number of nitrogens with zero attached hydrogens (tertiary/aromatic N) is 4. The smallest absolute Gasteiger partial charge is 0.147 e. The maximum atomic E-state index is 11.8. The van der Waals surface area contributed by atoms with Gasteiger partial charge in [0.1, 0.15) is 12.1 Å². The first-order chi connectivity index (χ1) is 16.5. The van der Waals surface area contributed by atoms with Crippen LogP contribution in [0.2, 0.25) is 0 Å². The molecule has 0 radical (unpaired) electrons. The van der Waals surface area contributed by atoms with Crippen LogP contribution >= 0.6 is 11.3 Å². The van der Waals surface area contributed by atoms with Gasteiger partial charge in [0.15, 0.2) is 0 Å². The third-order valence-electron chi connectivity index (χ3n) is 6.78. The van der Waals surface area contributed by atoms with Crippen LogP contribution in [0.4, 0.5) is 5.82 Å². The predicted octanol–water partition coefficient (Wildman–Crippen LogP) is 3.01. The minimum Gasteiger partial charge on any atom is -0.598 e. The fraction of sp³-hybridized carbons (Fsp3) is 0.480. The van der Waals surface area contributed by atoms with Gasteiger partial charge in [0.2, 0.25) is 0 Å². The van der Waals surface area contributed by atoms with Gasteiger partial charge in [-0.3, -0.25) is 4.90 Å². The Balaban J connectivity index is 1.51. The molecule has 0 saturated carbocycles. The molecule has 9 heteroatoms. The van der Waals surface area contributed by atoms with Gasteiger partial charge in [0.25, 0.3) is 0 Å². The van der Waals surface area contributed by atoms with Crippen molar-refractivity contribution in [2.45, 2.75) is 20.1 Å². The molecule has 182 valence electrons. The van der Waals surface area contributed by atoms with E-state index >= 15 is 0 Å². The second kappa shape index (κ2) is 10.5. The largest absolute Gasteiger partial charge is 0.598 e. The van der Waals surface area contributed by atoms with Gasteiger partial charge in [-0.2, -0.15) is 0 Å². The molecule has 4 heterocycles. The summed E-state index contributed by atoms with van der Waals surface area (Å²) >= 11 is 0.966. The molecule has 34 heavy (non-hydrogen) atoms. The number of hydrogen-bond acceptors (Lipinski definition) is 8. The zero-order chi connectivity index (χ0) is 23.7. The topological polar surface area (TPSA) is 75.1 Å². The van der Waals surface area contributed by atoms with Crippen LogP contribution in [0, 0.1) is 6.92 Å². The number of aliphatic hydroxyl groups is 1. The highest BCUT2D eigenvalue weighted by atomic mass is 32.2. The lowest BCUT2D eigenvalue weighted by Gasteiger charge is -2.33. The Morgan fingerprint density at radius 3 is 2.59 bits per heavy atom. The van der Waals surface area contributed by atoms with E-state index in [9.17, 15) is 9.66 Å². The van der Waals surface area contributed by atoms with Crippen LogP contribution in [-0.2, 0) is 29.3 Å². The number of piperazine rings is 1. The predicted molar refractivity (Wildman–Crippen MR) is 140 cm³/mol. The van der Waals surface area contributed by atoms with E-state index in [1.807, 2.05) is 33.8 Å². The lowest BCUT2D eigenvalue weighted by Crippen LogP contribution is -2.47. The van der Waals surface area contributed by atoms with Gasteiger partial charge in [-0.15, -0.1) is 15.6 Å². The number of anilines is 1. The van der Waals surface area contributed by atoms with Crippen molar-refractivity contribution in [2.24, 2.45) is 0 Å². The molecule has 2 fully saturated rings. The Hall–Kier alpha value is -1.72. The number of aliphatic hydroxyl groups excluding tert-OH is 1. The second-order valence-corrected chi connectivity index (χ2v) is 11.4. The van der Waals surface area contributed by atoms with Crippen molar-refractivity contribution in [3.8, 4) is 11.3 Å². The number of thiophene rings is 1. The molecular formula is C25H32N4O3S2. The monoisotopic (exact) mass is 500 g/mol. The van der Waals surface area contributed by atoms with Gasteiger partial charge in [0, 0.05) is 59.9 Å². The number of rotatable bonds is 6. The van der Waals surface area contributed by atoms with Gasteiger partial charge in [-0.05, 0) is 30.2 Å². The average Bonchev–Trinajstić information content (AvgIpc) is 3.19. The molecule has 2 saturated heterocycles. The fourth-order valence-corrected chi connectivity index (χ4v) is 6.74. The zero-order valence-electron chi connectivity index (χ0n) is 19.8. The normalized spacial score (nSPS) is 19.1.